The SMILES string of the molecule is C=C[C@H](C(=O)N[C@@H](CC(=O)OC)C(=O)OC)[C@H](O)c1cc(OCc2ccc(OC)cc2)n(-c2ccccc2)n1. The van der Waals surface area contributed by atoms with Crippen molar-refractivity contribution in [2.24, 2.45) is 5.92 Å². The van der Waals surface area contributed by atoms with Gasteiger partial charge < -0.3 is 29.4 Å². The van der Waals surface area contributed by atoms with Crippen LogP contribution in [0.5, 0.6) is 11.6 Å². The average Bonchev–Trinajstić information content (AvgIpc) is 3.40. The van der Waals surface area contributed by atoms with Gasteiger partial charge in [0.05, 0.1) is 45.0 Å². The van der Waals surface area contributed by atoms with Crippen molar-refractivity contribution in [1.29, 1.82) is 0 Å². The Bertz CT molecular complexity index is 1270. The minimum absolute atomic E-state index is 0.131. The van der Waals surface area contributed by atoms with Gasteiger partial charge in [0, 0.05) is 6.07 Å². The lowest BCUT2D eigenvalue weighted by atomic mass is 9.98. The summed E-state index contributed by atoms with van der Waals surface area (Å²) in [7, 11) is 3.87. The molecular formula is C28H31N3O8. The Morgan fingerprint density at radius 3 is 2.33 bits per heavy atom. The molecule has 39 heavy (non-hydrogen) atoms. The molecule has 2 N–H and O–H groups in total. The standard InChI is InChI=1S/C28H31N3O8/c1-5-21(27(34)29-23(28(35)38-4)16-25(32)37-3)26(33)22-15-24(31(30-22)19-9-7-6-8-10-19)39-17-18-11-13-20(36-2)14-12-18/h5-15,21,23,26,33H,1,16-17H2,2-4H3,(H,29,34)/t21-,23-,26-/m0/s1. The summed E-state index contributed by atoms with van der Waals surface area (Å²) in [6, 6.07) is 16.7. The summed E-state index contributed by atoms with van der Waals surface area (Å²) >= 11 is 0. The summed E-state index contributed by atoms with van der Waals surface area (Å²) in [4.78, 5) is 36.8. The number of nitrogens with one attached hydrogen (secondary N) is 1. The molecule has 0 bridgehead atoms. The number of carbonyl (C=O) groups excluding carboxylic acids is 3. The zero-order chi connectivity index (χ0) is 28.4. The van der Waals surface area contributed by atoms with Crippen LogP contribution >= 0.6 is 0 Å². The number of aromatic nitrogens is 2. The van der Waals surface area contributed by atoms with Gasteiger partial charge in [-0.2, -0.15) is 5.10 Å². The molecule has 1 aromatic heterocycles. The van der Waals surface area contributed by atoms with Crippen molar-refractivity contribution in [3.63, 3.8) is 0 Å². The number of para-hydroxylation sites is 1. The number of hydrogen-bond donors (Lipinski definition) is 2. The third-order valence-corrected chi connectivity index (χ3v) is 5.84. The highest BCUT2D eigenvalue weighted by molar-refractivity contribution is 5.89. The van der Waals surface area contributed by atoms with Crippen LogP contribution in [0.3, 0.4) is 0 Å². The number of carbonyl (C=O) groups is 3. The molecule has 206 valence electrons. The first-order chi connectivity index (χ1) is 18.8. The second-order valence-corrected chi connectivity index (χ2v) is 8.36. The van der Waals surface area contributed by atoms with Crippen LogP contribution in [0.25, 0.3) is 5.69 Å². The van der Waals surface area contributed by atoms with Crippen molar-refractivity contribution >= 4 is 17.8 Å². The number of aliphatic hydroxyl groups is 1. The molecule has 0 aliphatic heterocycles. The second kappa shape index (κ2) is 13.8. The number of ether oxygens (including phenoxy) is 4. The van der Waals surface area contributed by atoms with E-state index < -0.39 is 42.3 Å². The molecule has 0 radical (unpaired) electrons. The van der Waals surface area contributed by atoms with Gasteiger partial charge in [-0.05, 0) is 29.8 Å². The van der Waals surface area contributed by atoms with E-state index in [0.29, 0.717) is 17.3 Å². The number of hydrogen-bond acceptors (Lipinski definition) is 9. The Labute approximate surface area is 225 Å². The van der Waals surface area contributed by atoms with Gasteiger partial charge in [-0.3, -0.25) is 9.59 Å². The summed E-state index contributed by atoms with van der Waals surface area (Å²) in [5, 5.41) is 18.0. The number of methoxy groups -OCH3 is 3. The topological polar surface area (TPSA) is 138 Å². The van der Waals surface area contributed by atoms with E-state index in [1.165, 1.54) is 16.8 Å². The third-order valence-electron chi connectivity index (χ3n) is 5.84. The fourth-order valence-electron chi connectivity index (χ4n) is 3.68. The van der Waals surface area contributed by atoms with Gasteiger partial charge in [0.15, 0.2) is 0 Å². The van der Waals surface area contributed by atoms with Crippen molar-refractivity contribution in [2.75, 3.05) is 21.3 Å². The van der Waals surface area contributed by atoms with Gasteiger partial charge >= 0.3 is 11.9 Å². The lowest BCUT2D eigenvalue weighted by molar-refractivity contribution is -0.151. The van der Waals surface area contributed by atoms with Crippen LogP contribution in [0, 0.1) is 5.92 Å². The van der Waals surface area contributed by atoms with E-state index >= 15 is 0 Å². The fourth-order valence-corrected chi connectivity index (χ4v) is 3.68. The highest BCUT2D eigenvalue weighted by atomic mass is 16.5. The number of rotatable bonds is 13. The number of benzene rings is 2. The highest BCUT2D eigenvalue weighted by Crippen LogP contribution is 2.29. The van der Waals surface area contributed by atoms with Crippen LogP contribution in [0.4, 0.5) is 0 Å². The maximum Gasteiger partial charge on any atom is 0.328 e. The molecule has 0 fully saturated rings. The van der Waals surface area contributed by atoms with Crippen LogP contribution in [0.1, 0.15) is 23.8 Å². The first-order valence-electron chi connectivity index (χ1n) is 12.0. The van der Waals surface area contributed by atoms with Crippen molar-refractivity contribution in [1.82, 2.24) is 15.1 Å². The van der Waals surface area contributed by atoms with Crippen molar-refractivity contribution in [2.45, 2.75) is 25.2 Å². The molecule has 11 heteroatoms. The fraction of sp³-hybridized carbons (Fsp3) is 0.286. The van der Waals surface area contributed by atoms with E-state index in [1.807, 2.05) is 54.6 Å². The largest absolute Gasteiger partial charge is 0.497 e. The van der Waals surface area contributed by atoms with Gasteiger partial charge in [0.1, 0.15) is 24.5 Å². The molecule has 2 aromatic carbocycles. The summed E-state index contributed by atoms with van der Waals surface area (Å²) in [6.07, 6.45) is -0.667. The zero-order valence-corrected chi connectivity index (χ0v) is 21.9. The lowest BCUT2D eigenvalue weighted by Crippen LogP contribution is -2.46. The minimum atomic E-state index is -1.45. The summed E-state index contributed by atoms with van der Waals surface area (Å²) in [5.41, 5.74) is 1.68. The summed E-state index contributed by atoms with van der Waals surface area (Å²) in [6.45, 7) is 3.86. The van der Waals surface area contributed by atoms with E-state index in [2.05, 4.69) is 26.5 Å². The molecular weight excluding hydrogens is 506 g/mol. The first-order valence-corrected chi connectivity index (χ1v) is 12.0. The summed E-state index contributed by atoms with van der Waals surface area (Å²) in [5.74, 6) is -2.49. The van der Waals surface area contributed by atoms with Crippen LogP contribution in [-0.2, 0) is 30.5 Å². The molecule has 0 aliphatic rings. The molecule has 0 unspecified atom stereocenters. The van der Waals surface area contributed by atoms with Crippen LogP contribution in [0.15, 0.2) is 73.3 Å². The number of amides is 1. The molecule has 3 rings (SSSR count). The Morgan fingerprint density at radius 1 is 1.05 bits per heavy atom. The van der Waals surface area contributed by atoms with Crippen molar-refractivity contribution in [3.8, 4) is 17.3 Å². The van der Waals surface area contributed by atoms with Gasteiger partial charge in [0.25, 0.3) is 0 Å². The van der Waals surface area contributed by atoms with Gasteiger partial charge in [-0.1, -0.05) is 36.4 Å². The van der Waals surface area contributed by atoms with Crippen molar-refractivity contribution < 1.29 is 38.4 Å². The predicted octanol–water partition coefficient (Wildman–Crippen LogP) is 2.52. The van der Waals surface area contributed by atoms with E-state index in [1.54, 1.807) is 7.11 Å². The molecule has 11 nitrogen and oxygen atoms in total. The first kappa shape index (κ1) is 28.9. The molecule has 3 atom stereocenters. The number of nitrogens with zero attached hydrogens (tertiary/aromatic N) is 2. The van der Waals surface area contributed by atoms with Crippen LogP contribution < -0.4 is 14.8 Å². The van der Waals surface area contributed by atoms with E-state index in [4.69, 9.17) is 9.47 Å². The Balaban J connectivity index is 1.85. The zero-order valence-electron chi connectivity index (χ0n) is 21.9. The monoisotopic (exact) mass is 537 g/mol. The molecule has 3 aromatic rings. The van der Waals surface area contributed by atoms with E-state index in [9.17, 15) is 19.5 Å². The van der Waals surface area contributed by atoms with Gasteiger partial charge in [-0.15, -0.1) is 6.58 Å². The normalized spacial score (nSPS) is 12.9. The predicted molar refractivity (Wildman–Crippen MR) is 140 cm³/mol. The molecule has 0 spiro atoms. The maximum absolute atomic E-state index is 13.0. The lowest BCUT2D eigenvalue weighted by Gasteiger charge is -2.21. The van der Waals surface area contributed by atoms with Gasteiger partial charge in [-0.25, -0.2) is 9.48 Å². The molecule has 0 saturated carbocycles. The molecule has 1 heterocycles. The van der Waals surface area contributed by atoms with Crippen molar-refractivity contribution in [3.05, 3.63) is 84.6 Å². The Kier molecular flexibility index (Phi) is 10.2. The molecule has 0 aliphatic carbocycles. The number of aliphatic hydroxyl groups excluding tert-OH is 1. The van der Waals surface area contributed by atoms with E-state index in [0.717, 1.165) is 19.8 Å². The average molecular weight is 538 g/mol. The van der Waals surface area contributed by atoms with E-state index in [-0.39, 0.29) is 12.3 Å². The van der Waals surface area contributed by atoms with Crippen LogP contribution in [-0.4, -0.2) is 60.1 Å². The Morgan fingerprint density at radius 2 is 1.74 bits per heavy atom. The maximum atomic E-state index is 13.0. The van der Waals surface area contributed by atoms with Crippen LogP contribution in [0.2, 0.25) is 0 Å². The Hall–Kier alpha value is -4.64. The number of esters is 2. The highest BCUT2D eigenvalue weighted by Gasteiger charge is 2.33. The molecule has 0 saturated heterocycles. The second-order valence-electron chi connectivity index (χ2n) is 8.36. The summed E-state index contributed by atoms with van der Waals surface area (Å²) < 4.78 is 22.0. The van der Waals surface area contributed by atoms with Gasteiger partial charge in [0.2, 0.25) is 11.8 Å². The molecule has 1 amide bonds. The third kappa shape index (κ3) is 7.45. The quantitative estimate of drug-likeness (QED) is 0.249. The minimum Gasteiger partial charge on any atom is -0.497 e. The smallest absolute Gasteiger partial charge is 0.328 e.